The Kier molecular flexibility index (Phi) is 5.88. The maximum atomic E-state index is 12.5. The zero-order chi connectivity index (χ0) is 16.8. The van der Waals surface area contributed by atoms with Crippen molar-refractivity contribution in [1.82, 2.24) is 4.90 Å². The van der Waals surface area contributed by atoms with E-state index in [-0.39, 0.29) is 5.91 Å². The first-order valence-electron chi connectivity index (χ1n) is 7.29. The fraction of sp³-hybridized carbons (Fsp3) is 0.278. The highest BCUT2D eigenvalue weighted by Crippen LogP contribution is 2.21. The molecule has 4 nitrogen and oxygen atoms in total. The molecule has 0 spiro atoms. The molecule has 2 aromatic rings. The van der Waals surface area contributed by atoms with Crippen LogP contribution in [-0.4, -0.2) is 38.1 Å². The third-order valence-corrected chi connectivity index (χ3v) is 3.66. The number of methoxy groups -OCH3 is 1. The van der Waals surface area contributed by atoms with E-state index < -0.39 is 0 Å². The summed E-state index contributed by atoms with van der Waals surface area (Å²) >= 11 is 5.91. The Morgan fingerprint density at radius 2 is 2.00 bits per heavy atom. The normalized spacial score (nSPS) is 10.3. The number of aryl methyl sites for hydroxylation is 1. The molecule has 0 aliphatic carbocycles. The summed E-state index contributed by atoms with van der Waals surface area (Å²) < 4.78 is 10.9. The third kappa shape index (κ3) is 4.63. The maximum Gasteiger partial charge on any atom is 0.257 e. The van der Waals surface area contributed by atoms with E-state index in [0.29, 0.717) is 35.2 Å². The maximum absolute atomic E-state index is 12.5. The van der Waals surface area contributed by atoms with Gasteiger partial charge in [0, 0.05) is 12.1 Å². The van der Waals surface area contributed by atoms with Crippen LogP contribution in [-0.2, 0) is 0 Å². The van der Waals surface area contributed by atoms with Gasteiger partial charge in [-0.3, -0.25) is 4.79 Å². The van der Waals surface area contributed by atoms with E-state index in [2.05, 4.69) is 0 Å². The van der Waals surface area contributed by atoms with Gasteiger partial charge in [-0.2, -0.15) is 0 Å². The highest BCUT2D eigenvalue weighted by molar-refractivity contribution is 6.30. The molecule has 0 heterocycles. The minimum Gasteiger partial charge on any atom is -0.496 e. The molecule has 2 rings (SSSR count). The number of hydrogen-bond donors (Lipinski definition) is 0. The smallest absolute Gasteiger partial charge is 0.257 e. The molecule has 0 N–H and O–H groups in total. The van der Waals surface area contributed by atoms with Gasteiger partial charge in [0.15, 0.2) is 0 Å². The Bertz CT molecular complexity index is 688. The lowest BCUT2D eigenvalue weighted by Gasteiger charge is -2.19. The van der Waals surface area contributed by atoms with Crippen LogP contribution in [0.3, 0.4) is 0 Å². The number of hydrogen-bond acceptors (Lipinski definition) is 3. The average Bonchev–Trinajstić information content (AvgIpc) is 2.54. The van der Waals surface area contributed by atoms with Crippen LogP contribution in [0.5, 0.6) is 11.5 Å². The minimum absolute atomic E-state index is 0.0970. The van der Waals surface area contributed by atoms with Gasteiger partial charge in [-0.1, -0.05) is 29.3 Å². The highest BCUT2D eigenvalue weighted by atomic mass is 35.5. The Morgan fingerprint density at radius 3 is 2.70 bits per heavy atom. The molecule has 122 valence electrons. The molecule has 0 bridgehead atoms. The number of halogens is 1. The number of carbonyl (C=O) groups excluding carboxylic acids is 1. The average molecular weight is 334 g/mol. The van der Waals surface area contributed by atoms with E-state index in [1.54, 1.807) is 37.3 Å². The molecule has 1 amide bonds. The first-order chi connectivity index (χ1) is 11.0. The summed E-state index contributed by atoms with van der Waals surface area (Å²) in [4.78, 5) is 14.2. The lowest BCUT2D eigenvalue weighted by Crippen LogP contribution is -2.31. The second-order valence-electron chi connectivity index (χ2n) is 5.24. The van der Waals surface area contributed by atoms with E-state index in [4.69, 9.17) is 21.1 Å². The first-order valence-corrected chi connectivity index (χ1v) is 7.67. The summed E-state index contributed by atoms with van der Waals surface area (Å²) in [5.74, 6) is 1.16. The monoisotopic (exact) mass is 333 g/mol. The molecule has 0 atom stereocenters. The fourth-order valence-corrected chi connectivity index (χ4v) is 2.33. The second-order valence-corrected chi connectivity index (χ2v) is 5.67. The molecule has 0 radical (unpaired) electrons. The van der Waals surface area contributed by atoms with Gasteiger partial charge in [0.2, 0.25) is 0 Å². The standard InChI is InChI=1S/C18H20ClNO3/c1-13-7-8-17(22-3)16(11-13)18(21)20(2)9-10-23-15-6-4-5-14(19)12-15/h4-8,11-12H,9-10H2,1-3H3. The van der Waals surface area contributed by atoms with Crippen molar-refractivity contribution in [3.8, 4) is 11.5 Å². The molecule has 0 saturated heterocycles. The minimum atomic E-state index is -0.0970. The van der Waals surface area contributed by atoms with Gasteiger partial charge in [-0.15, -0.1) is 0 Å². The van der Waals surface area contributed by atoms with Gasteiger partial charge >= 0.3 is 0 Å². The summed E-state index contributed by atoms with van der Waals surface area (Å²) in [6.07, 6.45) is 0. The third-order valence-electron chi connectivity index (χ3n) is 3.42. The number of nitrogens with zero attached hydrogens (tertiary/aromatic N) is 1. The second kappa shape index (κ2) is 7.88. The molecule has 23 heavy (non-hydrogen) atoms. The Hall–Kier alpha value is -2.20. The van der Waals surface area contributed by atoms with Gasteiger partial charge in [0.05, 0.1) is 19.2 Å². The number of ether oxygens (including phenoxy) is 2. The fourth-order valence-electron chi connectivity index (χ4n) is 2.15. The van der Waals surface area contributed by atoms with E-state index in [0.717, 1.165) is 5.56 Å². The molecule has 0 fully saturated rings. The lowest BCUT2D eigenvalue weighted by molar-refractivity contribution is 0.0770. The van der Waals surface area contributed by atoms with E-state index in [9.17, 15) is 4.79 Å². The quantitative estimate of drug-likeness (QED) is 0.807. The molecule has 2 aromatic carbocycles. The van der Waals surface area contributed by atoms with Crippen molar-refractivity contribution in [2.75, 3.05) is 27.3 Å². The van der Waals surface area contributed by atoms with Crippen molar-refractivity contribution >= 4 is 17.5 Å². The molecule has 0 saturated carbocycles. The molecule has 0 aliphatic rings. The summed E-state index contributed by atoms with van der Waals surface area (Å²) in [5, 5.41) is 0.622. The van der Waals surface area contributed by atoms with E-state index in [1.807, 2.05) is 31.2 Å². The Morgan fingerprint density at radius 1 is 1.22 bits per heavy atom. The number of rotatable bonds is 6. The van der Waals surface area contributed by atoms with Crippen molar-refractivity contribution in [3.05, 3.63) is 58.6 Å². The summed E-state index contributed by atoms with van der Waals surface area (Å²) in [6, 6.07) is 12.7. The zero-order valence-corrected chi connectivity index (χ0v) is 14.3. The van der Waals surface area contributed by atoms with Gasteiger partial charge in [0.25, 0.3) is 5.91 Å². The summed E-state index contributed by atoms with van der Waals surface area (Å²) in [6.45, 7) is 2.79. The number of benzene rings is 2. The molecule has 5 heteroatoms. The van der Waals surface area contributed by atoms with Crippen molar-refractivity contribution in [1.29, 1.82) is 0 Å². The summed E-state index contributed by atoms with van der Waals surface area (Å²) in [5.41, 5.74) is 1.57. The topological polar surface area (TPSA) is 38.8 Å². The van der Waals surface area contributed by atoms with Crippen LogP contribution in [0.4, 0.5) is 0 Å². The van der Waals surface area contributed by atoms with Gasteiger partial charge in [-0.25, -0.2) is 0 Å². The van der Waals surface area contributed by atoms with Crippen molar-refractivity contribution < 1.29 is 14.3 Å². The Labute approximate surface area is 141 Å². The van der Waals surface area contributed by atoms with E-state index >= 15 is 0 Å². The van der Waals surface area contributed by atoms with Crippen LogP contribution in [0.15, 0.2) is 42.5 Å². The number of amides is 1. The molecule has 0 aromatic heterocycles. The van der Waals surface area contributed by atoms with Crippen LogP contribution in [0, 0.1) is 6.92 Å². The van der Waals surface area contributed by atoms with Crippen molar-refractivity contribution in [3.63, 3.8) is 0 Å². The number of carbonyl (C=O) groups is 1. The molecule has 0 aliphatic heterocycles. The predicted octanol–water partition coefficient (Wildman–Crippen LogP) is 3.81. The SMILES string of the molecule is COc1ccc(C)cc1C(=O)N(C)CCOc1cccc(Cl)c1. The Balaban J connectivity index is 1.96. The van der Waals surface area contributed by atoms with Gasteiger partial charge < -0.3 is 14.4 Å². The zero-order valence-electron chi connectivity index (χ0n) is 13.5. The summed E-state index contributed by atoms with van der Waals surface area (Å²) in [7, 11) is 3.30. The van der Waals surface area contributed by atoms with E-state index in [1.165, 1.54) is 0 Å². The predicted molar refractivity (Wildman–Crippen MR) is 91.6 cm³/mol. The number of likely N-dealkylation sites (N-methyl/N-ethyl adjacent to an activating group) is 1. The van der Waals surface area contributed by atoms with Crippen molar-refractivity contribution in [2.45, 2.75) is 6.92 Å². The van der Waals surface area contributed by atoms with Crippen LogP contribution in [0.25, 0.3) is 0 Å². The van der Waals surface area contributed by atoms with Gasteiger partial charge in [-0.05, 0) is 37.3 Å². The van der Waals surface area contributed by atoms with Crippen LogP contribution < -0.4 is 9.47 Å². The molecular weight excluding hydrogens is 314 g/mol. The van der Waals surface area contributed by atoms with Crippen molar-refractivity contribution in [2.24, 2.45) is 0 Å². The first kappa shape index (κ1) is 17.2. The van der Waals surface area contributed by atoms with Crippen LogP contribution in [0.2, 0.25) is 5.02 Å². The van der Waals surface area contributed by atoms with Crippen LogP contribution >= 0.6 is 11.6 Å². The van der Waals surface area contributed by atoms with Gasteiger partial charge in [0.1, 0.15) is 18.1 Å². The molecular formula is C18H20ClNO3. The molecule has 0 unspecified atom stereocenters. The van der Waals surface area contributed by atoms with Crippen LogP contribution in [0.1, 0.15) is 15.9 Å². The largest absolute Gasteiger partial charge is 0.496 e. The lowest BCUT2D eigenvalue weighted by atomic mass is 10.1. The highest BCUT2D eigenvalue weighted by Gasteiger charge is 2.16.